The van der Waals surface area contributed by atoms with Crippen LogP contribution in [0.15, 0.2) is 66.0 Å². The van der Waals surface area contributed by atoms with Crippen LogP contribution < -0.4 is 5.32 Å². The molecule has 3 aromatic rings. The molecule has 0 aliphatic carbocycles. The second-order valence-corrected chi connectivity index (χ2v) is 7.75. The Morgan fingerprint density at radius 1 is 1.15 bits per heavy atom. The van der Waals surface area contributed by atoms with Gasteiger partial charge in [-0.2, -0.15) is 0 Å². The van der Waals surface area contributed by atoms with Gasteiger partial charge in [-0.1, -0.05) is 42.5 Å². The van der Waals surface area contributed by atoms with Crippen molar-refractivity contribution in [1.82, 2.24) is 4.90 Å². The lowest BCUT2D eigenvalue weighted by atomic mass is 9.93. The number of hydrogen-bond donors (Lipinski definition) is 1. The van der Waals surface area contributed by atoms with Crippen LogP contribution in [0.25, 0.3) is 0 Å². The van der Waals surface area contributed by atoms with Crippen molar-refractivity contribution in [1.29, 1.82) is 0 Å². The summed E-state index contributed by atoms with van der Waals surface area (Å²) < 4.78 is 0. The number of carbonyl (C=O) groups is 1. The van der Waals surface area contributed by atoms with Crippen LogP contribution in [-0.2, 0) is 11.2 Å². The largest absolute Gasteiger partial charge is 0.325 e. The van der Waals surface area contributed by atoms with Gasteiger partial charge in [0, 0.05) is 17.1 Å². The summed E-state index contributed by atoms with van der Waals surface area (Å²) >= 11 is 1.82. The first kappa shape index (κ1) is 17.0. The van der Waals surface area contributed by atoms with Crippen molar-refractivity contribution < 1.29 is 4.79 Å². The molecule has 26 heavy (non-hydrogen) atoms. The molecule has 132 valence electrons. The van der Waals surface area contributed by atoms with E-state index >= 15 is 0 Å². The Labute approximate surface area is 158 Å². The number of thiophene rings is 1. The van der Waals surface area contributed by atoms with E-state index in [4.69, 9.17) is 0 Å². The van der Waals surface area contributed by atoms with Gasteiger partial charge in [0.25, 0.3) is 0 Å². The fourth-order valence-electron chi connectivity index (χ4n) is 3.67. The number of carbonyl (C=O) groups excluding carboxylic acids is 1. The molecule has 0 fully saturated rings. The zero-order chi connectivity index (χ0) is 17.9. The second-order valence-electron chi connectivity index (χ2n) is 6.75. The molecule has 1 N–H and O–H groups in total. The highest BCUT2D eigenvalue weighted by Crippen LogP contribution is 2.37. The zero-order valence-electron chi connectivity index (χ0n) is 14.8. The van der Waals surface area contributed by atoms with Crippen LogP contribution in [0.3, 0.4) is 0 Å². The summed E-state index contributed by atoms with van der Waals surface area (Å²) in [6, 6.07) is 20.8. The number of benzene rings is 2. The SMILES string of the molecule is Cc1cccc(NC(=O)CN2CCc3sccc3[C@@H]2c2ccccc2)c1. The van der Waals surface area contributed by atoms with Gasteiger partial charge in [0.1, 0.15) is 0 Å². The minimum absolute atomic E-state index is 0.0372. The lowest BCUT2D eigenvalue weighted by Crippen LogP contribution is -2.40. The van der Waals surface area contributed by atoms with E-state index in [1.165, 1.54) is 16.0 Å². The average molecular weight is 362 g/mol. The van der Waals surface area contributed by atoms with Crippen LogP contribution in [0.4, 0.5) is 5.69 Å². The third-order valence-corrected chi connectivity index (χ3v) is 5.83. The molecule has 3 nitrogen and oxygen atoms in total. The first-order chi connectivity index (χ1) is 12.7. The summed E-state index contributed by atoms with van der Waals surface area (Å²) in [4.78, 5) is 16.4. The molecule has 1 amide bonds. The fraction of sp³-hybridized carbons (Fsp3) is 0.227. The molecule has 4 heteroatoms. The average Bonchev–Trinajstić information content (AvgIpc) is 3.11. The minimum Gasteiger partial charge on any atom is -0.325 e. The molecule has 0 unspecified atom stereocenters. The maximum absolute atomic E-state index is 12.7. The lowest BCUT2D eigenvalue weighted by Gasteiger charge is -2.35. The van der Waals surface area contributed by atoms with E-state index in [0.29, 0.717) is 6.54 Å². The minimum atomic E-state index is 0.0372. The van der Waals surface area contributed by atoms with Gasteiger partial charge in [0.15, 0.2) is 0 Å². The normalized spacial score (nSPS) is 16.9. The van der Waals surface area contributed by atoms with E-state index in [0.717, 1.165) is 24.2 Å². The van der Waals surface area contributed by atoms with Gasteiger partial charge < -0.3 is 5.32 Å². The lowest BCUT2D eigenvalue weighted by molar-refractivity contribution is -0.117. The summed E-state index contributed by atoms with van der Waals surface area (Å²) in [5.74, 6) is 0.0372. The van der Waals surface area contributed by atoms with Gasteiger partial charge in [-0.15, -0.1) is 11.3 Å². The Bertz CT molecular complexity index is 903. The maximum atomic E-state index is 12.7. The molecule has 0 radical (unpaired) electrons. The molecule has 0 bridgehead atoms. The van der Waals surface area contributed by atoms with E-state index in [1.54, 1.807) is 0 Å². The van der Waals surface area contributed by atoms with Gasteiger partial charge in [-0.3, -0.25) is 9.69 Å². The molecule has 2 aromatic carbocycles. The van der Waals surface area contributed by atoms with Crippen LogP contribution in [0.5, 0.6) is 0 Å². The Morgan fingerprint density at radius 2 is 2.00 bits per heavy atom. The predicted octanol–water partition coefficient (Wildman–Crippen LogP) is 4.64. The summed E-state index contributed by atoms with van der Waals surface area (Å²) in [7, 11) is 0. The van der Waals surface area contributed by atoms with Crippen molar-refractivity contribution in [2.45, 2.75) is 19.4 Å². The Morgan fingerprint density at radius 3 is 2.81 bits per heavy atom. The number of hydrogen-bond acceptors (Lipinski definition) is 3. The van der Waals surface area contributed by atoms with Crippen LogP contribution in [0, 0.1) is 6.92 Å². The molecule has 2 heterocycles. The number of aryl methyl sites for hydroxylation is 1. The summed E-state index contributed by atoms with van der Waals surface area (Å²) in [6.07, 6.45) is 1.01. The number of anilines is 1. The van der Waals surface area contributed by atoms with Gasteiger partial charge in [0.05, 0.1) is 12.6 Å². The highest BCUT2D eigenvalue weighted by atomic mass is 32.1. The van der Waals surface area contributed by atoms with Crippen molar-refractivity contribution >= 4 is 22.9 Å². The van der Waals surface area contributed by atoms with Crippen molar-refractivity contribution in [2.75, 3.05) is 18.4 Å². The topological polar surface area (TPSA) is 32.3 Å². The maximum Gasteiger partial charge on any atom is 0.238 e. The van der Waals surface area contributed by atoms with E-state index in [2.05, 4.69) is 45.9 Å². The van der Waals surface area contributed by atoms with Crippen molar-refractivity contribution in [3.05, 3.63) is 87.6 Å². The van der Waals surface area contributed by atoms with Crippen molar-refractivity contribution in [3.63, 3.8) is 0 Å². The zero-order valence-corrected chi connectivity index (χ0v) is 15.6. The van der Waals surface area contributed by atoms with Gasteiger partial charge in [0.2, 0.25) is 5.91 Å². The molecule has 0 spiro atoms. The third kappa shape index (κ3) is 3.57. The molecule has 1 aliphatic rings. The Hall–Kier alpha value is -2.43. The van der Waals surface area contributed by atoms with Gasteiger partial charge in [-0.25, -0.2) is 0 Å². The molecule has 1 aliphatic heterocycles. The van der Waals surface area contributed by atoms with Crippen LogP contribution in [0.2, 0.25) is 0 Å². The quantitative estimate of drug-likeness (QED) is 0.733. The van der Waals surface area contributed by atoms with Crippen LogP contribution >= 0.6 is 11.3 Å². The van der Waals surface area contributed by atoms with Crippen molar-refractivity contribution in [2.24, 2.45) is 0 Å². The van der Waals surface area contributed by atoms with E-state index in [9.17, 15) is 4.79 Å². The summed E-state index contributed by atoms with van der Waals surface area (Å²) in [5.41, 5.74) is 4.59. The predicted molar refractivity (Wildman–Crippen MR) is 108 cm³/mol. The highest BCUT2D eigenvalue weighted by molar-refractivity contribution is 7.10. The Balaban J connectivity index is 1.56. The molecular formula is C22H22N2OS. The molecule has 0 saturated heterocycles. The summed E-state index contributed by atoms with van der Waals surface area (Å²) in [5, 5.41) is 5.21. The first-order valence-electron chi connectivity index (χ1n) is 8.92. The second kappa shape index (κ2) is 7.44. The Kier molecular flexibility index (Phi) is 4.87. The first-order valence-corrected chi connectivity index (χ1v) is 9.80. The summed E-state index contributed by atoms with van der Waals surface area (Å²) in [6.45, 7) is 3.32. The highest BCUT2D eigenvalue weighted by Gasteiger charge is 2.30. The molecule has 4 rings (SSSR count). The number of rotatable bonds is 4. The number of nitrogens with one attached hydrogen (secondary N) is 1. The number of amides is 1. The van der Waals surface area contributed by atoms with Gasteiger partial charge in [-0.05, 0) is 53.6 Å². The number of nitrogens with zero attached hydrogens (tertiary/aromatic N) is 1. The molecule has 1 atom stereocenters. The van der Waals surface area contributed by atoms with Gasteiger partial charge >= 0.3 is 0 Å². The fourth-order valence-corrected chi connectivity index (χ4v) is 4.58. The smallest absolute Gasteiger partial charge is 0.238 e. The van der Waals surface area contributed by atoms with E-state index in [-0.39, 0.29) is 11.9 Å². The molecule has 0 saturated carbocycles. The monoisotopic (exact) mass is 362 g/mol. The molecule has 1 aromatic heterocycles. The molecular weight excluding hydrogens is 340 g/mol. The number of fused-ring (bicyclic) bond motifs is 1. The third-order valence-electron chi connectivity index (χ3n) is 4.83. The van der Waals surface area contributed by atoms with Crippen LogP contribution in [0.1, 0.15) is 27.6 Å². The van der Waals surface area contributed by atoms with E-state index in [1.807, 2.05) is 48.6 Å². The van der Waals surface area contributed by atoms with E-state index < -0.39 is 0 Å². The van der Waals surface area contributed by atoms with Crippen LogP contribution in [-0.4, -0.2) is 23.9 Å². The van der Waals surface area contributed by atoms with Crippen molar-refractivity contribution in [3.8, 4) is 0 Å². The standard InChI is InChI=1S/C22H22N2OS/c1-16-6-5-9-18(14-16)23-21(25)15-24-12-10-20-19(11-13-26-20)22(24)17-7-3-2-4-8-17/h2-9,11,13-14,22H,10,12,15H2,1H3,(H,23,25)/t22-/m0/s1.